The average molecular weight is 277 g/mol. The van der Waals surface area contributed by atoms with Crippen LogP contribution < -0.4 is 11.1 Å². The second-order valence-corrected chi connectivity index (χ2v) is 5.24. The Kier molecular flexibility index (Phi) is 11.6. The van der Waals surface area contributed by atoms with Crippen LogP contribution in [0.2, 0.25) is 0 Å². The molecule has 3 N–H and O–H groups in total. The van der Waals surface area contributed by atoms with Gasteiger partial charge in [-0.15, -0.1) is 12.4 Å². The van der Waals surface area contributed by atoms with Gasteiger partial charge in [0.25, 0.3) is 0 Å². The maximum atomic E-state index is 11.5. The molecule has 0 saturated heterocycles. The van der Waals surface area contributed by atoms with Gasteiger partial charge in [-0.3, -0.25) is 4.79 Å². The van der Waals surface area contributed by atoms with Gasteiger partial charge in [0.05, 0.1) is 0 Å². The Morgan fingerprint density at radius 1 is 1.11 bits per heavy atom. The molecular weight excluding hydrogens is 248 g/mol. The Hall–Kier alpha value is -0.280. The van der Waals surface area contributed by atoms with Gasteiger partial charge < -0.3 is 11.1 Å². The fraction of sp³-hybridized carbons (Fsp3) is 0.929. The number of hydrogen-bond acceptors (Lipinski definition) is 2. The third-order valence-electron chi connectivity index (χ3n) is 3.69. The summed E-state index contributed by atoms with van der Waals surface area (Å²) in [6.07, 6.45) is 12.0. The second-order valence-electron chi connectivity index (χ2n) is 5.24. The summed E-state index contributed by atoms with van der Waals surface area (Å²) in [6.45, 7) is 1.51. The Morgan fingerprint density at radius 3 is 2.50 bits per heavy atom. The molecule has 18 heavy (non-hydrogen) atoms. The third-order valence-corrected chi connectivity index (χ3v) is 3.69. The fourth-order valence-corrected chi connectivity index (χ4v) is 2.61. The van der Waals surface area contributed by atoms with E-state index in [1.165, 1.54) is 38.5 Å². The Balaban J connectivity index is 0.00000289. The van der Waals surface area contributed by atoms with E-state index in [0.717, 1.165) is 38.3 Å². The van der Waals surface area contributed by atoms with Gasteiger partial charge in [0.15, 0.2) is 0 Å². The molecule has 0 aromatic rings. The molecule has 1 amide bonds. The van der Waals surface area contributed by atoms with Crippen molar-refractivity contribution in [3.63, 3.8) is 0 Å². The molecule has 0 atom stereocenters. The fourth-order valence-electron chi connectivity index (χ4n) is 2.61. The van der Waals surface area contributed by atoms with Crippen LogP contribution in [0.5, 0.6) is 0 Å². The number of amides is 1. The van der Waals surface area contributed by atoms with E-state index in [1.54, 1.807) is 0 Å². The first kappa shape index (κ1) is 17.7. The maximum Gasteiger partial charge on any atom is 0.219 e. The first-order valence-electron chi connectivity index (χ1n) is 7.29. The van der Waals surface area contributed by atoms with Gasteiger partial charge in [-0.1, -0.05) is 32.1 Å². The largest absolute Gasteiger partial charge is 0.356 e. The van der Waals surface area contributed by atoms with E-state index in [2.05, 4.69) is 5.32 Å². The molecule has 0 aliphatic heterocycles. The van der Waals surface area contributed by atoms with Crippen LogP contribution in [0.15, 0.2) is 0 Å². The van der Waals surface area contributed by atoms with E-state index in [4.69, 9.17) is 5.73 Å². The number of carbonyl (C=O) groups is 1. The summed E-state index contributed by atoms with van der Waals surface area (Å²) in [4.78, 5) is 11.5. The zero-order chi connectivity index (χ0) is 12.3. The van der Waals surface area contributed by atoms with Gasteiger partial charge in [-0.25, -0.2) is 0 Å². The second kappa shape index (κ2) is 11.8. The Bertz CT molecular complexity index is 206. The smallest absolute Gasteiger partial charge is 0.219 e. The van der Waals surface area contributed by atoms with Crippen molar-refractivity contribution in [2.45, 2.75) is 64.2 Å². The van der Waals surface area contributed by atoms with Crippen LogP contribution in [0.1, 0.15) is 64.2 Å². The summed E-state index contributed by atoms with van der Waals surface area (Å²) >= 11 is 0. The summed E-state index contributed by atoms with van der Waals surface area (Å²) in [5.41, 5.74) is 5.40. The molecule has 0 aromatic heterocycles. The minimum Gasteiger partial charge on any atom is -0.356 e. The van der Waals surface area contributed by atoms with Gasteiger partial charge in [0.2, 0.25) is 5.91 Å². The molecule has 108 valence electrons. The monoisotopic (exact) mass is 276 g/mol. The minimum absolute atomic E-state index is 0. The van der Waals surface area contributed by atoms with Gasteiger partial charge >= 0.3 is 0 Å². The number of nitrogens with two attached hydrogens (primary N) is 1. The lowest BCUT2D eigenvalue weighted by Gasteiger charge is -2.21. The molecule has 0 spiro atoms. The third kappa shape index (κ3) is 8.76. The summed E-state index contributed by atoms with van der Waals surface area (Å²) < 4.78 is 0. The first-order valence-corrected chi connectivity index (χ1v) is 7.29. The van der Waals surface area contributed by atoms with Crippen LogP contribution in [0, 0.1) is 5.92 Å². The Morgan fingerprint density at radius 2 is 1.83 bits per heavy atom. The maximum absolute atomic E-state index is 11.5. The molecule has 1 saturated carbocycles. The molecule has 0 radical (unpaired) electrons. The molecule has 1 aliphatic rings. The summed E-state index contributed by atoms with van der Waals surface area (Å²) in [6, 6.07) is 0. The summed E-state index contributed by atoms with van der Waals surface area (Å²) in [5, 5.41) is 2.96. The number of unbranched alkanes of at least 4 members (excludes halogenated alkanes) is 1. The van der Waals surface area contributed by atoms with E-state index < -0.39 is 0 Å². The van der Waals surface area contributed by atoms with Crippen molar-refractivity contribution in [2.24, 2.45) is 11.7 Å². The highest BCUT2D eigenvalue weighted by molar-refractivity contribution is 5.85. The van der Waals surface area contributed by atoms with Crippen molar-refractivity contribution >= 4 is 18.3 Å². The average Bonchev–Trinajstić information content (AvgIpc) is 2.36. The number of nitrogens with one attached hydrogen (secondary N) is 1. The van der Waals surface area contributed by atoms with Crippen LogP contribution in [0.4, 0.5) is 0 Å². The molecular formula is C14H29ClN2O. The molecule has 0 unspecified atom stereocenters. The lowest BCUT2D eigenvalue weighted by molar-refractivity contribution is -0.121. The summed E-state index contributed by atoms with van der Waals surface area (Å²) in [7, 11) is 0. The normalized spacial score (nSPS) is 16.1. The summed E-state index contributed by atoms with van der Waals surface area (Å²) in [5.74, 6) is 1.12. The first-order chi connectivity index (χ1) is 8.33. The molecule has 0 bridgehead atoms. The van der Waals surface area contributed by atoms with E-state index in [0.29, 0.717) is 6.42 Å². The van der Waals surface area contributed by atoms with Crippen molar-refractivity contribution < 1.29 is 4.79 Å². The van der Waals surface area contributed by atoms with Gasteiger partial charge in [0.1, 0.15) is 0 Å². The number of carbonyl (C=O) groups excluding carboxylic acids is 1. The predicted octanol–water partition coefficient (Wildman–Crippen LogP) is 3.01. The standard InChI is InChI=1S/C14H28N2O.ClH/c15-11-4-5-12-16-14(17)10-6-9-13-7-2-1-3-8-13;/h13H,1-12,15H2,(H,16,17);1H. The van der Waals surface area contributed by atoms with Crippen LogP contribution in [0.3, 0.4) is 0 Å². The van der Waals surface area contributed by atoms with Crippen LogP contribution in [-0.4, -0.2) is 19.0 Å². The highest BCUT2D eigenvalue weighted by Gasteiger charge is 2.13. The topological polar surface area (TPSA) is 55.1 Å². The molecule has 3 nitrogen and oxygen atoms in total. The van der Waals surface area contributed by atoms with Crippen LogP contribution >= 0.6 is 12.4 Å². The van der Waals surface area contributed by atoms with Crippen molar-refractivity contribution in [3.05, 3.63) is 0 Å². The highest BCUT2D eigenvalue weighted by Crippen LogP contribution is 2.27. The lowest BCUT2D eigenvalue weighted by atomic mass is 9.86. The minimum atomic E-state index is 0. The zero-order valence-corrected chi connectivity index (χ0v) is 12.3. The van der Waals surface area contributed by atoms with Crippen molar-refractivity contribution in [3.8, 4) is 0 Å². The van der Waals surface area contributed by atoms with Crippen molar-refractivity contribution in [1.82, 2.24) is 5.32 Å². The SMILES string of the molecule is Cl.NCCCCNC(=O)CCCC1CCCCC1. The predicted molar refractivity (Wildman–Crippen MR) is 79.0 cm³/mol. The van der Waals surface area contributed by atoms with E-state index >= 15 is 0 Å². The van der Waals surface area contributed by atoms with Crippen LogP contribution in [0.25, 0.3) is 0 Å². The number of halogens is 1. The quantitative estimate of drug-likeness (QED) is 0.670. The molecule has 1 rings (SSSR count). The van der Waals surface area contributed by atoms with Gasteiger partial charge in [-0.05, 0) is 38.1 Å². The number of rotatable bonds is 8. The molecule has 1 fully saturated rings. The van der Waals surface area contributed by atoms with E-state index in [-0.39, 0.29) is 18.3 Å². The molecule has 0 heterocycles. The highest BCUT2D eigenvalue weighted by atomic mass is 35.5. The Labute approximate surface area is 118 Å². The van der Waals surface area contributed by atoms with Gasteiger partial charge in [0, 0.05) is 13.0 Å². The number of hydrogen-bond donors (Lipinski definition) is 2. The lowest BCUT2D eigenvalue weighted by Crippen LogP contribution is -2.24. The zero-order valence-electron chi connectivity index (χ0n) is 11.5. The molecule has 1 aliphatic carbocycles. The van der Waals surface area contributed by atoms with Gasteiger partial charge in [-0.2, -0.15) is 0 Å². The van der Waals surface area contributed by atoms with Crippen molar-refractivity contribution in [1.29, 1.82) is 0 Å². The van der Waals surface area contributed by atoms with Crippen molar-refractivity contribution in [2.75, 3.05) is 13.1 Å². The van der Waals surface area contributed by atoms with Crippen LogP contribution in [-0.2, 0) is 4.79 Å². The van der Waals surface area contributed by atoms with E-state index in [1.807, 2.05) is 0 Å². The molecule has 4 heteroatoms. The van der Waals surface area contributed by atoms with E-state index in [9.17, 15) is 4.79 Å². The molecule has 0 aromatic carbocycles.